The number of rotatable bonds is 4. The lowest BCUT2D eigenvalue weighted by Gasteiger charge is -2.47. The van der Waals surface area contributed by atoms with Crippen LogP contribution >= 0.6 is 22.6 Å². The minimum Gasteiger partial charge on any atom is -0.366 e. The third kappa shape index (κ3) is 3.91. The van der Waals surface area contributed by atoms with Gasteiger partial charge in [0.05, 0.1) is 5.69 Å². The van der Waals surface area contributed by atoms with E-state index in [0.29, 0.717) is 5.92 Å². The monoisotopic (exact) mass is 446 g/mol. The zero-order valence-electron chi connectivity index (χ0n) is 15.6. The predicted molar refractivity (Wildman–Crippen MR) is 118 cm³/mol. The SMILES string of the molecule is CCCN1c2ccc(C=Nc3ccccc3I)cc2C(C)CC1(C)C. The summed E-state index contributed by atoms with van der Waals surface area (Å²) in [6.45, 7) is 10.5. The van der Waals surface area contributed by atoms with Crippen LogP contribution in [0.3, 0.4) is 0 Å². The molecule has 25 heavy (non-hydrogen) atoms. The highest BCUT2D eigenvalue weighted by molar-refractivity contribution is 14.1. The van der Waals surface area contributed by atoms with Crippen molar-refractivity contribution in [2.24, 2.45) is 4.99 Å². The van der Waals surface area contributed by atoms with Crippen molar-refractivity contribution < 1.29 is 0 Å². The first kappa shape index (κ1) is 18.4. The molecule has 2 aromatic carbocycles. The van der Waals surface area contributed by atoms with Gasteiger partial charge in [-0.2, -0.15) is 0 Å². The van der Waals surface area contributed by atoms with E-state index < -0.39 is 0 Å². The third-order valence-electron chi connectivity index (χ3n) is 5.06. The molecule has 2 aromatic rings. The van der Waals surface area contributed by atoms with Crippen LogP contribution in [-0.2, 0) is 0 Å². The second-order valence-electron chi connectivity index (χ2n) is 7.60. The lowest BCUT2D eigenvalue weighted by Crippen LogP contribution is -2.48. The number of halogens is 1. The summed E-state index contributed by atoms with van der Waals surface area (Å²) in [6.07, 6.45) is 4.36. The van der Waals surface area contributed by atoms with Crippen molar-refractivity contribution in [1.82, 2.24) is 0 Å². The molecule has 0 saturated heterocycles. The average molecular weight is 446 g/mol. The fourth-order valence-corrected chi connectivity index (χ4v) is 4.46. The van der Waals surface area contributed by atoms with E-state index >= 15 is 0 Å². The molecule has 0 amide bonds. The maximum atomic E-state index is 4.69. The summed E-state index contributed by atoms with van der Waals surface area (Å²) in [4.78, 5) is 7.27. The molecule has 0 N–H and O–H groups in total. The van der Waals surface area contributed by atoms with Crippen molar-refractivity contribution in [3.63, 3.8) is 0 Å². The standard InChI is InChI=1S/C22H27IN2/c1-5-12-25-21-11-10-17(13-18(21)16(2)14-22(25,3)4)15-24-20-9-7-6-8-19(20)23/h6-11,13,15-16H,5,12,14H2,1-4H3. The molecule has 3 rings (SSSR count). The van der Waals surface area contributed by atoms with Crippen molar-refractivity contribution in [2.75, 3.05) is 11.4 Å². The van der Waals surface area contributed by atoms with Gasteiger partial charge in [0.25, 0.3) is 0 Å². The summed E-state index contributed by atoms with van der Waals surface area (Å²) in [5.41, 5.74) is 5.29. The molecule has 3 heteroatoms. The van der Waals surface area contributed by atoms with Crippen LogP contribution in [0.15, 0.2) is 47.5 Å². The summed E-state index contributed by atoms with van der Waals surface area (Å²) in [7, 11) is 0. The van der Waals surface area contributed by atoms with Crippen LogP contribution in [0, 0.1) is 3.57 Å². The predicted octanol–water partition coefficient (Wildman–Crippen LogP) is 6.54. The molecule has 2 nitrogen and oxygen atoms in total. The fraction of sp³-hybridized carbons (Fsp3) is 0.409. The molecule has 132 valence electrons. The first-order chi connectivity index (χ1) is 11.9. The second-order valence-corrected chi connectivity index (χ2v) is 8.76. The number of nitrogens with zero attached hydrogens (tertiary/aromatic N) is 2. The zero-order chi connectivity index (χ0) is 18.0. The van der Waals surface area contributed by atoms with E-state index in [0.717, 1.165) is 12.2 Å². The Kier molecular flexibility index (Phi) is 5.52. The number of aliphatic imine (C=N–C) groups is 1. The van der Waals surface area contributed by atoms with Crippen LogP contribution < -0.4 is 4.90 Å². The Hall–Kier alpha value is -1.36. The van der Waals surface area contributed by atoms with E-state index in [9.17, 15) is 0 Å². The van der Waals surface area contributed by atoms with Gasteiger partial charge in [0, 0.05) is 27.6 Å². The van der Waals surface area contributed by atoms with Gasteiger partial charge >= 0.3 is 0 Å². The first-order valence-electron chi connectivity index (χ1n) is 9.12. The van der Waals surface area contributed by atoms with Crippen molar-refractivity contribution in [3.05, 3.63) is 57.2 Å². The van der Waals surface area contributed by atoms with Crippen LogP contribution in [0.5, 0.6) is 0 Å². The van der Waals surface area contributed by atoms with Gasteiger partial charge < -0.3 is 4.90 Å². The van der Waals surface area contributed by atoms with Crippen molar-refractivity contribution in [2.45, 2.75) is 52.0 Å². The summed E-state index contributed by atoms with van der Waals surface area (Å²) in [5.74, 6) is 0.573. The Balaban J connectivity index is 1.94. The number of benzene rings is 2. The highest BCUT2D eigenvalue weighted by Gasteiger charge is 2.35. The smallest absolute Gasteiger partial charge is 0.0763 e. The fourth-order valence-electron chi connectivity index (χ4n) is 3.94. The van der Waals surface area contributed by atoms with E-state index in [4.69, 9.17) is 0 Å². The Morgan fingerprint density at radius 2 is 2.00 bits per heavy atom. The molecule has 0 spiro atoms. The first-order valence-corrected chi connectivity index (χ1v) is 10.2. The zero-order valence-corrected chi connectivity index (χ0v) is 17.7. The van der Waals surface area contributed by atoms with Crippen LogP contribution in [0.4, 0.5) is 11.4 Å². The molecule has 0 bridgehead atoms. The van der Waals surface area contributed by atoms with Gasteiger partial charge in [-0.3, -0.25) is 4.99 Å². The number of fused-ring (bicyclic) bond motifs is 1. The van der Waals surface area contributed by atoms with Crippen LogP contribution in [0.25, 0.3) is 0 Å². The van der Waals surface area contributed by atoms with Gasteiger partial charge in [-0.1, -0.05) is 32.0 Å². The minimum absolute atomic E-state index is 0.220. The lowest BCUT2D eigenvalue weighted by atomic mass is 9.79. The summed E-state index contributed by atoms with van der Waals surface area (Å²) >= 11 is 2.34. The second kappa shape index (κ2) is 7.48. The van der Waals surface area contributed by atoms with Gasteiger partial charge in [-0.05, 0) is 90.6 Å². The molecule has 1 atom stereocenters. The van der Waals surface area contributed by atoms with E-state index in [1.807, 2.05) is 18.3 Å². The molecule has 0 radical (unpaired) electrons. The molecule has 1 unspecified atom stereocenters. The van der Waals surface area contributed by atoms with Crippen LogP contribution in [0.2, 0.25) is 0 Å². The summed E-state index contributed by atoms with van der Waals surface area (Å²) < 4.78 is 1.18. The molecular formula is C22H27IN2. The molecular weight excluding hydrogens is 419 g/mol. The van der Waals surface area contributed by atoms with E-state index in [1.165, 1.54) is 33.2 Å². The maximum absolute atomic E-state index is 4.69. The number of hydrogen-bond donors (Lipinski definition) is 0. The largest absolute Gasteiger partial charge is 0.366 e. The molecule has 1 heterocycles. The summed E-state index contributed by atoms with van der Waals surface area (Å²) in [6, 6.07) is 15.1. The number of para-hydroxylation sites is 1. The molecule has 1 aliphatic rings. The Morgan fingerprint density at radius 3 is 2.72 bits per heavy atom. The average Bonchev–Trinajstić information content (AvgIpc) is 2.57. The normalized spacial score (nSPS) is 19.2. The topological polar surface area (TPSA) is 15.6 Å². The molecule has 0 aliphatic carbocycles. The van der Waals surface area contributed by atoms with Gasteiger partial charge in [0.1, 0.15) is 0 Å². The van der Waals surface area contributed by atoms with Crippen molar-refractivity contribution in [1.29, 1.82) is 0 Å². The lowest BCUT2D eigenvalue weighted by molar-refractivity contribution is 0.376. The van der Waals surface area contributed by atoms with Gasteiger partial charge in [0.2, 0.25) is 0 Å². The van der Waals surface area contributed by atoms with E-state index in [1.54, 1.807) is 0 Å². The Bertz CT molecular complexity index is 779. The van der Waals surface area contributed by atoms with Crippen LogP contribution in [-0.4, -0.2) is 18.3 Å². The Labute approximate surface area is 165 Å². The van der Waals surface area contributed by atoms with Gasteiger partial charge in [-0.25, -0.2) is 0 Å². The van der Waals surface area contributed by atoms with E-state index in [2.05, 4.69) is 90.5 Å². The molecule has 0 fully saturated rings. The molecule has 0 saturated carbocycles. The number of anilines is 1. The number of hydrogen-bond acceptors (Lipinski definition) is 2. The highest BCUT2D eigenvalue weighted by atomic mass is 127. The van der Waals surface area contributed by atoms with Crippen LogP contribution in [0.1, 0.15) is 57.6 Å². The summed E-state index contributed by atoms with van der Waals surface area (Å²) in [5, 5.41) is 0. The molecule has 1 aliphatic heterocycles. The molecule has 0 aromatic heterocycles. The van der Waals surface area contributed by atoms with Crippen molar-refractivity contribution in [3.8, 4) is 0 Å². The van der Waals surface area contributed by atoms with Gasteiger partial charge in [-0.15, -0.1) is 0 Å². The van der Waals surface area contributed by atoms with E-state index in [-0.39, 0.29) is 5.54 Å². The van der Waals surface area contributed by atoms with Gasteiger partial charge in [0.15, 0.2) is 0 Å². The maximum Gasteiger partial charge on any atom is 0.0763 e. The van der Waals surface area contributed by atoms with Crippen molar-refractivity contribution >= 4 is 40.2 Å². The quantitative estimate of drug-likeness (QED) is 0.385. The third-order valence-corrected chi connectivity index (χ3v) is 5.97. The highest BCUT2D eigenvalue weighted by Crippen LogP contribution is 2.43. The minimum atomic E-state index is 0.220. The Morgan fingerprint density at radius 1 is 1.24 bits per heavy atom.